The van der Waals surface area contributed by atoms with Gasteiger partial charge in [-0.1, -0.05) is 48.5 Å². The molecule has 5 nitrogen and oxygen atoms in total. The Kier molecular flexibility index (Phi) is 5.58. The Morgan fingerprint density at radius 1 is 0.875 bits per heavy atom. The predicted molar refractivity (Wildman–Crippen MR) is 127 cm³/mol. The highest BCUT2D eigenvalue weighted by molar-refractivity contribution is 6.00. The van der Waals surface area contributed by atoms with Gasteiger partial charge in [-0.05, 0) is 49.4 Å². The second-order valence-corrected chi connectivity index (χ2v) is 8.71. The normalized spacial score (nSPS) is 17.4. The number of nitrogens with zero attached hydrogens (tertiary/aromatic N) is 3. The average molecular weight is 428 g/mol. The van der Waals surface area contributed by atoms with Crippen molar-refractivity contribution in [3.63, 3.8) is 0 Å². The SMILES string of the molecule is Cc1cc(N2CCN(C)CC2)cc2c1C(=O)N(C(Oc1ccccc1)c1ccccc1)C2. The number of carbonyl (C=O) groups excluding carboxylic acids is 1. The van der Waals surface area contributed by atoms with E-state index in [2.05, 4.69) is 35.9 Å². The molecule has 0 N–H and O–H groups in total. The lowest BCUT2D eigenvalue weighted by Gasteiger charge is -2.34. The topological polar surface area (TPSA) is 36.0 Å². The molecule has 0 spiro atoms. The number of anilines is 1. The van der Waals surface area contributed by atoms with Crippen LogP contribution in [0.3, 0.4) is 0 Å². The number of carbonyl (C=O) groups is 1. The van der Waals surface area contributed by atoms with Crippen molar-refractivity contribution in [3.05, 3.63) is 95.1 Å². The minimum atomic E-state index is -0.481. The van der Waals surface area contributed by atoms with Crippen molar-refractivity contribution in [3.8, 4) is 5.75 Å². The first-order valence-corrected chi connectivity index (χ1v) is 11.2. The first-order valence-electron chi connectivity index (χ1n) is 11.2. The van der Waals surface area contributed by atoms with Gasteiger partial charge in [-0.25, -0.2) is 0 Å². The van der Waals surface area contributed by atoms with E-state index in [0.29, 0.717) is 6.54 Å². The highest BCUT2D eigenvalue weighted by atomic mass is 16.5. The third-order valence-electron chi connectivity index (χ3n) is 6.44. The molecule has 1 unspecified atom stereocenters. The number of amides is 1. The molecule has 5 heteroatoms. The zero-order valence-electron chi connectivity index (χ0n) is 18.7. The molecule has 164 valence electrons. The van der Waals surface area contributed by atoms with E-state index in [4.69, 9.17) is 4.74 Å². The molecule has 1 saturated heterocycles. The number of likely N-dealkylation sites (N-methyl/N-ethyl adjacent to an activating group) is 1. The van der Waals surface area contributed by atoms with Crippen molar-refractivity contribution in [2.24, 2.45) is 0 Å². The van der Waals surface area contributed by atoms with Crippen LogP contribution in [0, 0.1) is 6.92 Å². The van der Waals surface area contributed by atoms with E-state index in [1.165, 1.54) is 5.69 Å². The Labute approximate surface area is 189 Å². The van der Waals surface area contributed by atoms with Gasteiger partial charge in [0, 0.05) is 43.0 Å². The average Bonchev–Trinajstić information content (AvgIpc) is 3.15. The molecule has 1 atom stereocenters. The van der Waals surface area contributed by atoms with Crippen LogP contribution in [-0.4, -0.2) is 48.9 Å². The summed E-state index contributed by atoms with van der Waals surface area (Å²) in [6, 6.07) is 24.1. The zero-order chi connectivity index (χ0) is 22.1. The first kappa shape index (κ1) is 20.6. The summed E-state index contributed by atoms with van der Waals surface area (Å²) >= 11 is 0. The van der Waals surface area contributed by atoms with Crippen LogP contribution in [0.2, 0.25) is 0 Å². The van der Waals surface area contributed by atoms with Crippen molar-refractivity contribution >= 4 is 11.6 Å². The molecule has 0 aliphatic carbocycles. The summed E-state index contributed by atoms with van der Waals surface area (Å²) in [7, 11) is 2.16. The quantitative estimate of drug-likeness (QED) is 0.602. The molecule has 5 rings (SSSR count). The van der Waals surface area contributed by atoms with Crippen molar-refractivity contribution < 1.29 is 9.53 Å². The number of hydrogen-bond donors (Lipinski definition) is 0. The van der Waals surface area contributed by atoms with Gasteiger partial charge in [-0.2, -0.15) is 0 Å². The van der Waals surface area contributed by atoms with Crippen molar-refractivity contribution in [1.29, 1.82) is 0 Å². The number of piperazine rings is 1. The summed E-state index contributed by atoms with van der Waals surface area (Å²) < 4.78 is 6.37. The van der Waals surface area contributed by atoms with Crippen LogP contribution in [0.1, 0.15) is 33.3 Å². The Bertz CT molecular complexity index is 1090. The molecule has 1 fully saturated rings. The third kappa shape index (κ3) is 3.96. The Balaban J connectivity index is 1.46. The summed E-state index contributed by atoms with van der Waals surface area (Å²) in [5.74, 6) is 0.784. The lowest BCUT2D eigenvalue weighted by atomic mass is 10.0. The molecule has 2 heterocycles. The summed E-state index contributed by atoms with van der Waals surface area (Å²) in [4.78, 5) is 20.2. The lowest BCUT2D eigenvalue weighted by Crippen LogP contribution is -2.44. The number of aryl methyl sites for hydroxylation is 1. The van der Waals surface area contributed by atoms with Crippen molar-refractivity contribution in [1.82, 2.24) is 9.80 Å². The smallest absolute Gasteiger partial charge is 0.257 e. The Morgan fingerprint density at radius 3 is 2.22 bits per heavy atom. The van der Waals surface area contributed by atoms with Crippen LogP contribution < -0.4 is 9.64 Å². The first-order chi connectivity index (χ1) is 15.6. The molecule has 0 aromatic heterocycles. The Morgan fingerprint density at radius 2 is 1.53 bits per heavy atom. The van der Waals surface area contributed by atoms with E-state index < -0.39 is 6.23 Å². The predicted octanol–water partition coefficient (Wildman–Crippen LogP) is 4.48. The molecule has 0 saturated carbocycles. The zero-order valence-corrected chi connectivity index (χ0v) is 18.7. The fraction of sp³-hybridized carbons (Fsp3) is 0.296. The highest BCUT2D eigenvalue weighted by Crippen LogP contribution is 2.36. The molecule has 3 aromatic rings. The third-order valence-corrected chi connectivity index (χ3v) is 6.44. The van der Waals surface area contributed by atoms with Crippen LogP contribution in [0.15, 0.2) is 72.8 Å². The summed E-state index contributed by atoms with van der Waals surface area (Å²) in [5, 5.41) is 0. The number of para-hydroxylation sites is 1. The molecule has 32 heavy (non-hydrogen) atoms. The van der Waals surface area contributed by atoms with Gasteiger partial charge < -0.3 is 14.5 Å². The van der Waals surface area contributed by atoms with E-state index in [1.807, 2.05) is 65.6 Å². The van der Waals surface area contributed by atoms with Gasteiger partial charge in [-0.15, -0.1) is 0 Å². The van der Waals surface area contributed by atoms with Crippen molar-refractivity contribution in [2.45, 2.75) is 19.7 Å². The van der Waals surface area contributed by atoms with E-state index in [-0.39, 0.29) is 5.91 Å². The number of fused-ring (bicyclic) bond motifs is 1. The lowest BCUT2D eigenvalue weighted by molar-refractivity contribution is 0.0217. The van der Waals surface area contributed by atoms with Crippen molar-refractivity contribution in [2.75, 3.05) is 38.1 Å². The minimum absolute atomic E-state index is 0.0345. The summed E-state index contributed by atoms with van der Waals surface area (Å²) in [6.07, 6.45) is -0.481. The molecule has 2 aliphatic heterocycles. The van der Waals surface area contributed by atoms with Crippen LogP contribution in [0.4, 0.5) is 5.69 Å². The molecular formula is C27H29N3O2. The molecule has 1 amide bonds. The number of rotatable bonds is 5. The standard InChI is InChI=1S/C27H29N3O2/c1-20-17-23(29-15-13-28(2)14-16-29)18-22-19-30(26(31)25(20)22)27(21-9-5-3-6-10-21)32-24-11-7-4-8-12-24/h3-12,17-18,27H,13-16,19H2,1-2H3. The molecule has 2 aliphatic rings. The van der Waals surface area contributed by atoms with E-state index >= 15 is 0 Å². The van der Waals surface area contributed by atoms with Gasteiger partial charge in [0.2, 0.25) is 6.23 Å². The van der Waals surface area contributed by atoms with Gasteiger partial charge in [0.25, 0.3) is 5.91 Å². The van der Waals surface area contributed by atoms with Gasteiger partial charge in [0.05, 0.1) is 6.54 Å². The summed E-state index contributed by atoms with van der Waals surface area (Å²) in [5.41, 5.74) is 5.12. The maximum atomic E-state index is 13.6. The van der Waals surface area contributed by atoms with Gasteiger partial charge in [0.1, 0.15) is 5.75 Å². The molecule has 0 radical (unpaired) electrons. The van der Waals surface area contributed by atoms with E-state index in [9.17, 15) is 4.79 Å². The minimum Gasteiger partial charge on any atom is -0.466 e. The Hall–Kier alpha value is -3.31. The fourth-order valence-electron chi connectivity index (χ4n) is 4.66. The highest BCUT2D eigenvalue weighted by Gasteiger charge is 2.36. The second-order valence-electron chi connectivity index (χ2n) is 8.71. The maximum absolute atomic E-state index is 13.6. The number of ether oxygens (including phenoxy) is 1. The fourth-order valence-corrected chi connectivity index (χ4v) is 4.66. The van der Waals surface area contributed by atoms with Crippen LogP contribution >= 0.6 is 0 Å². The van der Waals surface area contributed by atoms with Gasteiger partial charge in [-0.3, -0.25) is 9.69 Å². The number of hydrogen-bond acceptors (Lipinski definition) is 4. The van der Waals surface area contributed by atoms with Crippen LogP contribution in [0.5, 0.6) is 5.75 Å². The molecular weight excluding hydrogens is 398 g/mol. The summed E-state index contributed by atoms with van der Waals surface area (Å²) in [6.45, 7) is 6.73. The monoisotopic (exact) mass is 427 g/mol. The van der Waals surface area contributed by atoms with Gasteiger partial charge in [0.15, 0.2) is 0 Å². The van der Waals surface area contributed by atoms with Crippen LogP contribution in [-0.2, 0) is 6.54 Å². The molecule has 0 bridgehead atoms. The van der Waals surface area contributed by atoms with Gasteiger partial charge >= 0.3 is 0 Å². The largest absolute Gasteiger partial charge is 0.466 e. The second kappa shape index (κ2) is 8.67. The van der Waals surface area contributed by atoms with Crippen LogP contribution in [0.25, 0.3) is 0 Å². The molecule has 3 aromatic carbocycles. The number of benzene rings is 3. The van der Waals surface area contributed by atoms with E-state index in [0.717, 1.165) is 54.2 Å². The van der Waals surface area contributed by atoms with E-state index in [1.54, 1.807) is 0 Å². The maximum Gasteiger partial charge on any atom is 0.257 e.